The standard InChI is InChI=1S/C14H21NO3/c1-11-10-13(15(2)12(11)16)4-6-14(7-5-13)17-8-3-9-18-14/h10H,3-9H2,1-2H3. The molecule has 4 heteroatoms. The minimum Gasteiger partial charge on any atom is -0.350 e. The molecule has 0 atom stereocenters. The Hall–Kier alpha value is -0.870. The van der Waals surface area contributed by atoms with E-state index in [-0.39, 0.29) is 17.2 Å². The van der Waals surface area contributed by atoms with E-state index in [1.54, 1.807) is 0 Å². The average molecular weight is 251 g/mol. The van der Waals surface area contributed by atoms with Gasteiger partial charge < -0.3 is 14.4 Å². The fraction of sp³-hybridized carbons (Fsp3) is 0.786. The number of nitrogens with zero attached hydrogens (tertiary/aromatic N) is 1. The van der Waals surface area contributed by atoms with Crippen LogP contribution in [0, 0.1) is 0 Å². The van der Waals surface area contributed by atoms with E-state index in [0.717, 1.165) is 50.9 Å². The molecule has 0 radical (unpaired) electrons. The highest BCUT2D eigenvalue weighted by Gasteiger charge is 2.49. The van der Waals surface area contributed by atoms with Gasteiger partial charge in [0, 0.05) is 25.5 Å². The molecule has 2 aliphatic heterocycles. The number of amides is 1. The molecular weight excluding hydrogens is 230 g/mol. The summed E-state index contributed by atoms with van der Waals surface area (Å²) in [4.78, 5) is 13.8. The summed E-state index contributed by atoms with van der Waals surface area (Å²) in [5, 5.41) is 0. The molecule has 3 aliphatic rings. The largest absolute Gasteiger partial charge is 0.350 e. The Morgan fingerprint density at radius 3 is 2.28 bits per heavy atom. The van der Waals surface area contributed by atoms with Gasteiger partial charge in [0.25, 0.3) is 0 Å². The molecule has 2 fully saturated rings. The quantitative estimate of drug-likeness (QED) is 0.659. The monoisotopic (exact) mass is 251 g/mol. The van der Waals surface area contributed by atoms with Gasteiger partial charge in [-0.15, -0.1) is 0 Å². The van der Waals surface area contributed by atoms with Gasteiger partial charge >= 0.3 is 0 Å². The van der Waals surface area contributed by atoms with Gasteiger partial charge in [-0.25, -0.2) is 0 Å². The summed E-state index contributed by atoms with van der Waals surface area (Å²) in [5.41, 5.74) is 0.787. The zero-order valence-corrected chi connectivity index (χ0v) is 11.2. The van der Waals surface area contributed by atoms with Gasteiger partial charge in [-0.3, -0.25) is 4.79 Å². The number of hydrogen-bond donors (Lipinski definition) is 0. The molecule has 1 saturated heterocycles. The molecule has 100 valence electrons. The van der Waals surface area contributed by atoms with Crippen LogP contribution in [0.3, 0.4) is 0 Å². The molecule has 0 aromatic carbocycles. The second-order valence-corrected chi connectivity index (χ2v) is 5.76. The van der Waals surface area contributed by atoms with Crippen LogP contribution in [0.5, 0.6) is 0 Å². The Morgan fingerprint density at radius 1 is 1.17 bits per heavy atom. The predicted octanol–water partition coefficient (Wildman–Crippen LogP) is 1.85. The summed E-state index contributed by atoms with van der Waals surface area (Å²) in [6.45, 7) is 3.51. The molecular formula is C14H21NO3. The molecule has 0 aromatic heterocycles. The highest BCUT2D eigenvalue weighted by atomic mass is 16.7. The van der Waals surface area contributed by atoms with Gasteiger partial charge in [0.1, 0.15) is 0 Å². The number of carbonyl (C=O) groups is 1. The maximum absolute atomic E-state index is 11.9. The summed E-state index contributed by atoms with van der Waals surface area (Å²) in [6.07, 6.45) is 6.78. The number of hydrogen-bond acceptors (Lipinski definition) is 3. The molecule has 3 rings (SSSR count). The zero-order chi connectivity index (χ0) is 12.8. The summed E-state index contributed by atoms with van der Waals surface area (Å²) >= 11 is 0. The summed E-state index contributed by atoms with van der Waals surface area (Å²) in [6, 6.07) is 0. The van der Waals surface area contributed by atoms with E-state index in [9.17, 15) is 4.79 Å². The second kappa shape index (κ2) is 4.07. The van der Waals surface area contributed by atoms with Crippen molar-refractivity contribution in [1.82, 2.24) is 4.90 Å². The second-order valence-electron chi connectivity index (χ2n) is 5.76. The van der Waals surface area contributed by atoms with Crippen LogP contribution < -0.4 is 0 Å². The van der Waals surface area contributed by atoms with E-state index in [1.807, 2.05) is 18.9 Å². The third-order valence-electron chi connectivity index (χ3n) is 4.69. The zero-order valence-electron chi connectivity index (χ0n) is 11.2. The predicted molar refractivity (Wildman–Crippen MR) is 67.0 cm³/mol. The fourth-order valence-electron chi connectivity index (χ4n) is 3.48. The number of likely N-dealkylation sites (N-methyl/N-ethyl adjacent to an activating group) is 1. The van der Waals surface area contributed by atoms with Crippen LogP contribution >= 0.6 is 0 Å². The lowest BCUT2D eigenvalue weighted by Gasteiger charge is -2.47. The van der Waals surface area contributed by atoms with Crippen molar-refractivity contribution in [2.75, 3.05) is 20.3 Å². The number of rotatable bonds is 0. The first kappa shape index (κ1) is 12.2. The lowest BCUT2D eigenvalue weighted by Crippen LogP contribution is -2.53. The molecule has 0 aromatic rings. The van der Waals surface area contributed by atoms with Crippen molar-refractivity contribution in [2.45, 2.75) is 50.4 Å². The van der Waals surface area contributed by atoms with E-state index < -0.39 is 0 Å². The van der Waals surface area contributed by atoms with Gasteiger partial charge in [0.05, 0.1) is 18.8 Å². The average Bonchev–Trinajstić information content (AvgIpc) is 2.60. The Bertz CT molecular complexity index is 386. The summed E-state index contributed by atoms with van der Waals surface area (Å²) in [5.74, 6) is -0.200. The highest BCUT2D eigenvalue weighted by Crippen LogP contribution is 2.45. The van der Waals surface area contributed by atoms with E-state index in [0.29, 0.717) is 0 Å². The minimum absolute atomic E-state index is 0.0867. The molecule has 1 saturated carbocycles. The Kier molecular flexibility index (Phi) is 2.75. The smallest absolute Gasteiger partial charge is 0.249 e. The van der Waals surface area contributed by atoms with Crippen molar-refractivity contribution in [3.8, 4) is 0 Å². The molecule has 2 spiro atoms. The van der Waals surface area contributed by atoms with Gasteiger partial charge in [-0.1, -0.05) is 6.08 Å². The third-order valence-corrected chi connectivity index (χ3v) is 4.69. The maximum Gasteiger partial charge on any atom is 0.249 e. The van der Waals surface area contributed by atoms with Gasteiger partial charge in [-0.2, -0.15) is 0 Å². The van der Waals surface area contributed by atoms with Crippen molar-refractivity contribution < 1.29 is 14.3 Å². The van der Waals surface area contributed by atoms with Gasteiger partial charge in [0.2, 0.25) is 5.91 Å². The SMILES string of the molecule is CC1=CC2(CCC3(CC2)OCCCO3)N(C)C1=O. The summed E-state index contributed by atoms with van der Waals surface area (Å²) in [7, 11) is 1.91. The summed E-state index contributed by atoms with van der Waals surface area (Å²) < 4.78 is 11.7. The lowest BCUT2D eigenvalue weighted by molar-refractivity contribution is -0.285. The van der Waals surface area contributed by atoms with Crippen LogP contribution in [0.15, 0.2) is 11.6 Å². The van der Waals surface area contributed by atoms with Crippen LogP contribution in [-0.2, 0) is 14.3 Å². The van der Waals surface area contributed by atoms with Crippen LogP contribution in [0.1, 0.15) is 39.0 Å². The van der Waals surface area contributed by atoms with E-state index >= 15 is 0 Å². The molecule has 18 heavy (non-hydrogen) atoms. The lowest BCUT2D eigenvalue weighted by atomic mass is 9.78. The van der Waals surface area contributed by atoms with Crippen LogP contribution in [-0.4, -0.2) is 42.4 Å². The van der Waals surface area contributed by atoms with Gasteiger partial charge in [0.15, 0.2) is 5.79 Å². The maximum atomic E-state index is 11.9. The van der Waals surface area contributed by atoms with Gasteiger partial charge in [-0.05, 0) is 26.2 Å². The molecule has 1 aliphatic carbocycles. The number of carbonyl (C=O) groups excluding carboxylic acids is 1. The number of ether oxygens (including phenoxy) is 2. The highest BCUT2D eigenvalue weighted by molar-refractivity contribution is 5.96. The Balaban J connectivity index is 1.75. The minimum atomic E-state index is -0.363. The Morgan fingerprint density at radius 2 is 1.78 bits per heavy atom. The normalized spacial score (nSPS) is 30.0. The molecule has 0 bridgehead atoms. The molecule has 0 unspecified atom stereocenters. The molecule has 4 nitrogen and oxygen atoms in total. The van der Waals surface area contributed by atoms with Crippen LogP contribution in [0.4, 0.5) is 0 Å². The van der Waals surface area contributed by atoms with E-state index in [2.05, 4.69) is 6.08 Å². The van der Waals surface area contributed by atoms with Crippen LogP contribution in [0.2, 0.25) is 0 Å². The first-order valence-electron chi connectivity index (χ1n) is 6.83. The first-order chi connectivity index (χ1) is 8.57. The first-order valence-corrected chi connectivity index (χ1v) is 6.83. The van der Waals surface area contributed by atoms with E-state index in [1.165, 1.54) is 0 Å². The van der Waals surface area contributed by atoms with Crippen LogP contribution in [0.25, 0.3) is 0 Å². The topological polar surface area (TPSA) is 38.8 Å². The van der Waals surface area contributed by atoms with E-state index in [4.69, 9.17) is 9.47 Å². The third kappa shape index (κ3) is 1.70. The Labute approximate surface area is 108 Å². The van der Waals surface area contributed by atoms with Crippen molar-refractivity contribution in [2.24, 2.45) is 0 Å². The van der Waals surface area contributed by atoms with Crippen molar-refractivity contribution >= 4 is 5.91 Å². The van der Waals surface area contributed by atoms with Crippen molar-refractivity contribution in [3.63, 3.8) is 0 Å². The van der Waals surface area contributed by atoms with Crippen molar-refractivity contribution in [3.05, 3.63) is 11.6 Å². The molecule has 0 N–H and O–H groups in total. The molecule has 1 amide bonds. The molecule has 2 heterocycles. The van der Waals surface area contributed by atoms with Crippen molar-refractivity contribution in [1.29, 1.82) is 0 Å². The fourth-order valence-corrected chi connectivity index (χ4v) is 3.48.